The Morgan fingerprint density at radius 2 is 2.22 bits per heavy atom. The average molecular weight is 126 g/mol. The van der Waals surface area contributed by atoms with E-state index < -0.39 is 0 Å². The number of rotatable bonds is 3. The molecule has 0 aliphatic heterocycles. The second-order valence-corrected chi connectivity index (χ2v) is 2.05. The lowest BCUT2D eigenvalue weighted by Crippen LogP contribution is -1.71. The highest BCUT2D eigenvalue weighted by Crippen LogP contribution is 2.00. The van der Waals surface area contributed by atoms with Gasteiger partial charge in [0.1, 0.15) is 0 Å². The smallest absolute Gasteiger partial charge is 0.0755 e. The second-order valence-electron chi connectivity index (χ2n) is 2.05. The Morgan fingerprint density at radius 3 is 2.67 bits per heavy atom. The Morgan fingerprint density at radius 1 is 1.56 bits per heavy atom. The van der Waals surface area contributed by atoms with E-state index in [0.717, 1.165) is 19.1 Å². The van der Waals surface area contributed by atoms with Crippen LogP contribution in [0.2, 0.25) is 0 Å². The summed E-state index contributed by atoms with van der Waals surface area (Å²) in [4.78, 5) is 0. The Balaban J connectivity index is 3.49. The lowest BCUT2D eigenvalue weighted by molar-refractivity contribution is 0.471. The maximum absolute atomic E-state index is 8.28. The number of aliphatic hydroxyl groups is 1. The van der Waals surface area contributed by atoms with Crippen LogP contribution in [0.1, 0.15) is 26.7 Å². The largest absolute Gasteiger partial charge is 0.516 e. The van der Waals surface area contributed by atoms with E-state index in [1.807, 2.05) is 0 Å². The minimum atomic E-state index is 0.865. The first-order valence-electron chi connectivity index (χ1n) is 3.26. The fraction of sp³-hybridized carbons (Fsp3) is 0.500. The van der Waals surface area contributed by atoms with E-state index in [0.29, 0.717) is 0 Å². The Kier molecular flexibility index (Phi) is 4.98. The van der Waals surface area contributed by atoms with E-state index in [-0.39, 0.29) is 0 Å². The van der Waals surface area contributed by atoms with Gasteiger partial charge in [0.05, 0.1) is 6.26 Å². The molecular weight excluding hydrogens is 112 g/mol. The molecule has 0 radical (unpaired) electrons. The van der Waals surface area contributed by atoms with Crippen LogP contribution in [-0.4, -0.2) is 5.11 Å². The third kappa shape index (κ3) is 5.15. The molecule has 0 amide bonds. The van der Waals surface area contributed by atoms with E-state index in [1.165, 1.54) is 5.57 Å². The van der Waals surface area contributed by atoms with Crippen LogP contribution in [0.25, 0.3) is 0 Å². The molecule has 1 heteroatoms. The van der Waals surface area contributed by atoms with E-state index in [1.54, 1.807) is 6.08 Å². The van der Waals surface area contributed by atoms with E-state index in [4.69, 9.17) is 5.11 Å². The summed E-state index contributed by atoms with van der Waals surface area (Å²) in [5.74, 6) is 0. The lowest BCUT2D eigenvalue weighted by Gasteiger charge is -1.90. The minimum Gasteiger partial charge on any atom is -0.516 e. The predicted molar refractivity (Wildman–Crippen MR) is 40.4 cm³/mol. The van der Waals surface area contributed by atoms with E-state index >= 15 is 0 Å². The van der Waals surface area contributed by atoms with Crippen molar-refractivity contribution in [2.24, 2.45) is 0 Å². The highest BCUT2D eigenvalue weighted by Gasteiger charge is 1.81. The summed E-state index contributed by atoms with van der Waals surface area (Å²) in [6.45, 7) is 4.16. The molecule has 52 valence electrons. The second kappa shape index (κ2) is 5.42. The third-order valence-electron chi connectivity index (χ3n) is 1.10. The molecule has 0 heterocycles. The van der Waals surface area contributed by atoms with Crippen LogP contribution in [-0.2, 0) is 0 Å². The molecule has 0 aliphatic carbocycles. The predicted octanol–water partition coefficient (Wildman–Crippen LogP) is 2.80. The number of allylic oxidation sites excluding steroid dienone is 3. The Labute approximate surface area is 56.7 Å². The van der Waals surface area contributed by atoms with Gasteiger partial charge in [-0.15, -0.1) is 0 Å². The van der Waals surface area contributed by atoms with Gasteiger partial charge >= 0.3 is 0 Å². The highest BCUT2D eigenvalue weighted by molar-refractivity contribution is 5.02. The molecule has 0 unspecified atom stereocenters. The standard InChI is InChI=1S/C8H14O/c1-3-5-8(2)6-4-7-9/h4-5,7,9H,3,6H2,1-2H3/b7-4-,8-5-. The Bertz CT molecular complexity index is 112. The maximum atomic E-state index is 8.28. The van der Waals surface area contributed by atoms with Gasteiger partial charge in [-0.1, -0.05) is 18.6 Å². The van der Waals surface area contributed by atoms with Crippen LogP contribution >= 0.6 is 0 Å². The van der Waals surface area contributed by atoms with Gasteiger partial charge in [-0.05, 0) is 25.8 Å². The third-order valence-corrected chi connectivity index (χ3v) is 1.10. The average Bonchev–Trinajstić information content (AvgIpc) is 1.85. The van der Waals surface area contributed by atoms with Gasteiger partial charge < -0.3 is 5.11 Å². The lowest BCUT2D eigenvalue weighted by atomic mass is 10.2. The van der Waals surface area contributed by atoms with Crippen molar-refractivity contribution < 1.29 is 5.11 Å². The molecule has 0 bridgehead atoms. The molecule has 9 heavy (non-hydrogen) atoms. The van der Waals surface area contributed by atoms with Crippen molar-refractivity contribution in [3.05, 3.63) is 24.0 Å². The molecule has 0 aromatic heterocycles. The van der Waals surface area contributed by atoms with Gasteiger partial charge in [0, 0.05) is 0 Å². The number of hydrogen-bond acceptors (Lipinski definition) is 1. The molecular formula is C8H14O. The van der Waals surface area contributed by atoms with Crippen molar-refractivity contribution in [1.82, 2.24) is 0 Å². The van der Waals surface area contributed by atoms with Gasteiger partial charge in [-0.25, -0.2) is 0 Å². The first-order chi connectivity index (χ1) is 4.31. The van der Waals surface area contributed by atoms with Gasteiger partial charge in [0.15, 0.2) is 0 Å². The summed E-state index contributed by atoms with van der Waals surface area (Å²) < 4.78 is 0. The van der Waals surface area contributed by atoms with Crippen molar-refractivity contribution >= 4 is 0 Å². The summed E-state index contributed by atoms with van der Waals surface area (Å²) in [6, 6.07) is 0. The van der Waals surface area contributed by atoms with Crippen LogP contribution in [0, 0.1) is 0 Å². The molecule has 1 N–H and O–H groups in total. The molecule has 0 atom stereocenters. The topological polar surface area (TPSA) is 20.2 Å². The zero-order valence-corrected chi connectivity index (χ0v) is 6.09. The van der Waals surface area contributed by atoms with Crippen LogP contribution < -0.4 is 0 Å². The first-order valence-corrected chi connectivity index (χ1v) is 3.26. The van der Waals surface area contributed by atoms with Gasteiger partial charge in [0.25, 0.3) is 0 Å². The molecule has 0 fully saturated rings. The molecule has 0 saturated heterocycles. The Hall–Kier alpha value is -0.720. The van der Waals surface area contributed by atoms with Crippen molar-refractivity contribution in [3.8, 4) is 0 Å². The SMILES string of the molecule is CC/C=C(/C)C/C=C\O. The van der Waals surface area contributed by atoms with Crippen LogP contribution in [0.3, 0.4) is 0 Å². The van der Waals surface area contributed by atoms with Gasteiger partial charge in [0.2, 0.25) is 0 Å². The van der Waals surface area contributed by atoms with Gasteiger partial charge in [-0.3, -0.25) is 0 Å². The molecule has 0 aromatic carbocycles. The first kappa shape index (κ1) is 8.28. The van der Waals surface area contributed by atoms with E-state index in [9.17, 15) is 0 Å². The molecule has 0 rings (SSSR count). The molecule has 0 spiro atoms. The highest BCUT2D eigenvalue weighted by atomic mass is 16.2. The van der Waals surface area contributed by atoms with E-state index in [2.05, 4.69) is 19.9 Å². The van der Waals surface area contributed by atoms with Crippen molar-refractivity contribution in [2.75, 3.05) is 0 Å². The van der Waals surface area contributed by atoms with Crippen molar-refractivity contribution in [2.45, 2.75) is 26.7 Å². The summed E-state index contributed by atoms with van der Waals surface area (Å²) in [5, 5.41) is 8.28. The summed E-state index contributed by atoms with van der Waals surface area (Å²) >= 11 is 0. The zero-order valence-electron chi connectivity index (χ0n) is 6.09. The summed E-state index contributed by atoms with van der Waals surface area (Å²) in [6.07, 6.45) is 6.92. The fourth-order valence-electron chi connectivity index (χ4n) is 0.670. The number of aliphatic hydroxyl groups excluding tert-OH is 1. The normalized spacial score (nSPS) is 12.9. The van der Waals surface area contributed by atoms with Crippen LogP contribution in [0.5, 0.6) is 0 Å². The monoisotopic (exact) mass is 126 g/mol. The quantitative estimate of drug-likeness (QED) is 0.455. The number of hydrogen-bond donors (Lipinski definition) is 1. The molecule has 0 aliphatic rings. The molecule has 1 nitrogen and oxygen atoms in total. The minimum absolute atomic E-state index is 0.865. The zero-order chi connectivity index (χ0) is 7.11. The van der Waals surface area contributed by atoms with Crippen molar-refractivity contribution in [3.63, 3.8) is 0 Å². The summed E-state index contributed by atoms with van der Waals surface area (Å²) in [5.41, 5.74) is 1.31. The summed E-state index contributed by atoms with van der Waals surface area (Å²) in [7, 11) is 0. The fourth-order valence-corrected chi connectivity index (χ4v) is 0.670. The molecule has 0 aromatic rings. The van der Waals surface area contributed by atoms with Gasteiger partial charge in [-0.2, -0.15) is 0 Å². The van der Waals surface area contributed by atoms with Crippen molar-refractivity contribution in [1.29, 1.82) is 0 Å². The maximum Gasteiger partial charge on any atom is 0.0755 e. The molecule has 0 saturated carbocycles. The van der Waals surface area contributed by atoms with Crippen LogP contribution in [0.4, 0.5) is 0 Å². The van der Waals surface area contributed by atoms with Crippen LogP contribution in [0.15, 0.2) is 24.0 Å².